The normalized spacial score (nSPS) is 30.4. The third-order valence-corrected chi connectivity index (χ3v) is 4.85. The van der Waals surface area contributed by atoms with Crippen LogP contribution in [0, 0.1) is 11.8 Å². The molecule has 0 radical (unpaired) electrons. The van der Waals surface area contributed by atoms with Crippen molar-refractivity contribution in [2.75, 3.05) is 26.7 Å². The zero-order valence-electron chi connectivity index (χ0n) is 12.1. The number of hydrogen-bond donors (Lipinski definition) is 2. The summed E-state index contributed by atoms with van der Waals surface area (Å²) >= 11 is 0. The molecule has 0 aromatic heterocycles. The average Bonchev–Trinajstić information content (AvgIpc) is 2.41. The second kappa shape index (κ2) is 7.25. The van der Waals surface area contributed by atoms with Gasteiger partial charge in [0, 0.05) is 6.04 Å². The number of nitrogens with zero attached hydrogens (tertiary/aromatic N) is 1. The summed E-state index contributed by atoms with van der Waals surface area (Å²) in [6.45, 7) is 3.52. The van der Waals surface area contributed by atoms with Crippen LogP contribution in [-0.4, -0.2) is 48.7 Å². The van der Waals surface area contributed by atoms with Gasteiger partial charge in [-0.15, -0.1) is 0 Å². The highest BCUT2D eigenvalue weighted by Gasteiger charge is 2.26. The van der Waals surface area contributed by atoms with Crippen LogP contribution in [-0.2, 0) is 4.79 Å². The van der Waals surface area contributed by atoms with Crippen LogP contribution in [0.3, 0.4) is 0 Å². The molecule has 1 heterocycles. The van der Waals surface area contributed by atoms with E-state index in [-0.39, 0.29) is 5.92 Å². The van der Waals surface area contributed by atoms with Gasteiger partial charge in [0.2, 0.25) is 0 Å². The van der Waals surface area contributed by atoms with Crippen LogP contribution in [0.5, 0.6) is 0 Å². The van der Waals surface area contributed by atoms with Crippen LogP contribution in [0.25, 0.3) is 0 Å². The fraction of sp³-hybridized carbons (Fsp3) is 0.933. The Morgan fingerprint density at radius 2 is 2.00 bits per heavy atom. The van der Waals surface area contributed by atoms with Crippen LogP contribution in [0.2, 0.25) is 0 Å². The number of carboxylic acids is 1. The van der Waals surface area contributed by atoms with Gasteiger partial charge < -0.3 is 15.3 Å². The lowest BCUT2D eigenvalue weighted by Gasteiger charge is -2.31. The SMILES string of the molecule is CN1CCC(CCNC2CCCC(C(=O)O)C2)CC1. The summed E-state index contributed by atoms with van der Waals surface area (Å²) < 4.78 is 0. The van der Waals surface area contributed by atoms with E-state index in [1.807, 2.05) is 0 Å². The Balaban J connectivity index is 1.61. The molecule has 1 saturated heterocycles. The number of carbonyl (C=O) groups is 1. The van der Waals surface area contributed by atoms with Crippen LogP contribution in [0.15, 0.2) is 0 Å². The Morgan fingerprint density at radius 3 is 2.68 bits per heavy atom. The van der Waals surface area contributed by atoms with Gasteiger partial charge in [-0.05, 0) is 71.1 Å². The van der Waals surface area contributed by atoms with E-state index in [4.69, 9.17) is 5.11 Å². The second-order valence-corrected chi connectivity index (χ2v) is 6.39. The van der Waals surface area contributed by atoms with Gasteiger partial charge in [-0.1, -0.05) is 6.42 Å². The molecule has 2 rings (SSSR count). The Hall–Kier alpha value is -0.610. The molecule has 2 atom stereocenters. The first kappa shape index (κ1) is 14.8. The van der Waals surface area contributed by atoms with E-state index in [9.17, 15) is 4.79 Å². The van der Waals surface area contributed by atoms with E-state index in [0.29, 0.717) is 6.04 Å². The molecular weight excluding hydrogens is 240 g/mol. The minimum atomic E-state index is -0.609. The lowest BCUT2D eigenvalue weighted by molar-refractivity contribution is -0.143. The van der Waals surface area contributed by atoms with Crippen molar-refractivity contribution >= 4 is 5.97 Å². The van der Waals surface area contributed by atoms with Gasteiger partial charge in [-0.3, -0.25) is 4.79 Å². The maximum absolute atomic E-state index is 11.0. The molecule has 4 heteroatoms. The molecule has 2 aliphatic rings. The van der Waals surface area contributed by atoms with Gasteiger partial charge in [-0.2, -0.15) is 0 Å². The molecule has 2 unspecified atom stereocenters. The Bertz CT molecular complexity index is 288. The van der Waals surface area contributed by atoms with Crippen LogP contribution in [0.4, 0.5) is 0 Å². The first-order valence-electron chi connectivity index (χ1n) is 7.80. The fourth-order valence-corrected chi connectivity index (χ4v) is 3.44. The molecule has 1 aliphatic carbocycles. The van der Waals surface area contributed by atoms with Crippen LogP contribution < -0.4 is 5.32 Å². The molecule has 1 aliphatic heterocycles. The molecule has 0 aromatic rings. The van der Waals surface area contributed by atoms with Crippen LogP contribution in [0.1, 0.15) is 44.9 Å². The largest absolute Gasteiger partial charge is 0.481 e. The standard InChI is InChI=1S/C15H28N2O2/c1-17-9-6-12(7-10-17)5-8-16-14-4-2-3-13(11-14)15(18)19/h12-14,16H,2-11H2,1H3,(H,18,19). The molecular formula is C15H28N2O2. The van der Waals surface area contributed by atoms with Crippen molar-refractivity contribution < 1.29 is 9.90 Å². The fourth-order valence-electron chi connectivity index (χ4n) is 3.44. The molecule has 2 N–H and O–H groups in total. The van der Waals surface area contributed by atoms with Crippen molar-refractivity contribution in [1.82, 2.24) is 10.2 Å². The number of rotatable bonds is 5. The summed E-state index contributed by atoms with van der Waals surface area (Å²) in [5.41, 5.74) is 0. The molecule has 110 valence electrons. The Morgan fingerprint density at radius 1 is 1.26 bits per heavy atom. The van der Waals surface area contributed by atoms with Gasteiger partial charge in [0.05, 0.1) is 5.92 Å². The van der Waals surface area contributed by atoms with Gasteiger partial charge in [-0.25, -0.2) is 0 Å². The van der Waals surface area contributed by atoms with Crippen LogP contribution >= 0.6 is 0 Å². The third kappa shape index (κ3) is 4.77. The highest BCUT2D eigenvalue weighted by atomic mass is 16.4. The van der Waals surface area contributed by atoms with E-state index in [1.165, 1.54) is 32.4 Å². The second-order valence-electron chi connectivity index (χ2n) is 6.39. The number of carboxylic acid groups (broad SMARTS) is 1. The molecule has 4 nitrogen and oxygen atoms in total. The van der Waals surface area contributed by atoms with Gasteiger partial charge in [0.25, 0.3) is 0 Å². The predicted molar refractivity (Wildman–Crippen MR) is 76.2 cm³/mol. The molecule has 0 amide bonds. The minimum absolute atomic E-state index is 0.116. The van der Waals surface area contributed by atoms with Gasteiger partial charge >= 0.3 is 5.97 Å². The Kier molecular flexibility index (Phi) is 5.64. The first-order valence-corrected chi connectivity index (χ1v) is 7.80. The maximum atomic E-state index is 11.0. The molecule has 0 aromatic carbocycles. The topological polar surface area (TPSA) is 52.6 Å². The van der Waals surface area contributed by atoms with E-state index in [0.717, 1.165) is 38.1 Å². The number of likely N-dealkylation sites (tertiary alicyclic amines) is 1. The van der Waals surface area contributed by atoms with E-state index in [1.54, 1.807) is 0 Å². The summed E-state index contributed by atoms with van der Waals surface area (Å²) in [5.74, 6) is 0.138. The Labute approximate surface area is 116 Å². The molecule has 1 saturated carbocycles. The van der Waals surface area contributed by atoms with E-state index >= 15 is 0 Å². The van der Waals surface area contributed by atoms with Gasteiger partial charge in [0.1, 0.15) is 0 Å². The third-order valence-electron chi connectivity index (χ3n) is 4.85. The maximum Gasteiger partial charge on any atom is 0.306 e. The number of nitrogens with one attached hydrogen (secondary N) is 1. The molecule has 0 spiro atoms. The first-order chi connectivity index (χ1) is 9.15. The van der Waals surface area contributed by atoms with E-state index < -0.39 is 5.97 Å². The zero-order valence-corrected chi connectivity index (χ0v) is 12.1. The summed E-state index contributed by atoms with van der Waals surface area (Å²) in [5, 5.41) is 12.7. The van der Waals surface area contributed by atoms with Crippen molar-refractivity contribution in [2.45, 2.75) is 51.0 Å². The average molecular weight is 268 g/mol. The number of hydrogen-bond acceptors (Lipinski definition) is 3. The summed E-state index contributed by atoms with van der Waals surface area (Å²) in [6.07, 6.45) is 7.79. The number of piperidine rings is 1. The quantitative estimate of drug-likeness (QED) is 0.800. The zero-order chi connectivity index (χ0) is 13.7. The van der Waals surface area contributed by atoms with Crippen molar-refractivity contribution in [3.63, 3.8) is 0 Å². The van der Waals surface area contributed by atoms with Crippen molar-refractivity contribution in [3.05, 3.63) is 0 Å². The molecule has 2 fully saturated rings. The molecule has 19 heavy (non-hydrogen) atoms. The predicted octanol–water partition coefficient (Wildman–Crippen LogP) is 1.95. The lowest BCUT2D eigenvalue weighted by Crippen LogP contribution is -2.38. The van der Waals surface area contributed by atoms with Gasteiger partial charge in [0.15, 0.2) is 0 Å². The molecule has 0 bridgehead atoms. The summed E-state index contributed by atoms with van der Waals surface area (Å²) in [7, 11) is 2.20. The van der Waals surface area contributed by atoms with E-state index in [2.05, 4.69) is 17.3 Å². The minimum Gasteiger partial charge on any atom is -0.481 e. The smallest absolute Gasteiger partial charge is 0.306 e. The highest BCUT2D eigenvalue weighted by Crippen LogP contribution is 2.25. The lowest BCUT2D eigenvalue weighted by atomic mass is 9.85. The number of aliphatic carboxylic acids is 1. The monoisotopic (exact) mass is 268 g/mol. The highest BCUT2D eigenvalue weighted by molar-refractivity contribution is 5.70. The summed E-state index contributed by atoms with van der Waals surface area (Å²) in [4.78, 5) is 13.4. The van der Waals surface area contributed by atoms with Crippen molar-refractivity contribution in [2.24, 2.45) is 11.8 Å². The van der Waals surface area contributed by atoms with Crippen molar-refractivity contribution in [3.8, 4) is 0 Å². The van der Waals surface area contributed by atoms with Crippen molar-refractivity contribution in [1.29, 1.82) is 0 Å². The summed E-state index contributed by atoms with van der Waals surface area (Å²) in [6, 6.07) is 0.432.